The predicted molar refractivity (Wildman–Crippen MR) is 42.9 cm³/mol. The first-order valence-electron chi connectivity index (χ1n) is 3.34. The van der Waals surface area contributed by atoms with Gasteiger partial charge in [0.2, 0.25) is 0 Å². The Kier molecular flexibility index (Phi) is 3.22. The zero-order chi connectivity index (χ0) is 8.10. The number of carbonyl (C=O) groups excluding carboxylic acids is 1. The van der Waals surface area contributed by atoms with Crippen LogP contribution in [0.25, 0.3) is 0 Å². The largest absolute Gasteiger partial charge is 0.515 e. The van der Waals surface area contributed by atoms with Crippen LogP contribution in [0, 0.1) is 0 Å². The van der Waals surface area contributed by atoms with Gasteiger partial charge in [-0.2, -0.15) is 0 Å². The van der Waals surface area contributed by atoms with Crippen molar-refractivity contribution in [3.63, 3.8) is 0 Å². The summed E-state index contributed by atoms with van der Waals surface area (Å²) in [7, 11) is 0. The third-order valence-corrected chi connectivity index (χ3v) is 1.84. The van der Waals surface area contributed by atoms with Crippen molar-refractivity contribution in [2.75, 3.05) is 18.9 Å². The molecule has 0 fully saturated rings. The van der Waals surface area contributed by atoms with E-state index in [-0.39, 0.29) is 0 Å². The molecule has 1 rings (SSSR count). The number of hydrogen-bond donors (Lipinski definition) is 0. The van der Waals surface area contributed by atoms with Crippen LogP contribution in [-0.2, 0) is 9.47 Å². The van der Waals surface area contributed by atoms with Crippen molar-refractivity contribution in [2.24, 2.45) is 4.99 Å². The first-order chi connectivity index (χ1) is 5.33. The minimum Gasteiger partial charge on any atom is -0.434 e. The van der Waals surface area contributed by atoms with E-state index in [2.05, 4.69) is 9.73 Å². The van der Waals surface area contributed by atoms with E-state index in [1.165, 1.54) is 11.8 Å². The standard InChI is InChI=1S/C6H9NO3S/c1-2-9-6(8)10-5-7-3-4-11-5/h2-4H2,1H3. The minimum atomic E-state index is -0.666. The van der Waals surface area contributed by atoms with Gasteiger partial charge in [0, 0.05) is 5.75 Å². The number of nitrogens with zero attached hydrogens (tertiary/aromatic N) is 1. The average molecular weight is 175 g/mol. The van der Waals surface area contributed by atoms with Crippen molar-refractivity contribution in [2.45, 2.75) is 6.92 Å². The molecule has 0 radical (unpaired) electrons. The summed E-state index contributed by atoms with van der Waals surface area (Å²) in [5.41, 5.74) is 0. The van der Waals surface area contributed by atoms with Gasteiger partial charge in [-0.3, -0.25) is 0 Å². The fraction of sp³-hybridized carbons (Fsp3) is 0.667. The highest BCUT2D eigenvalue weighted by molar-refractivity contribution is 8.13. The van der Waals surface area contributed by atoms with Gasteiger partial charge in [0.1, 0.15) is 0 Å². The Labute approximate surface area is 69.0 Å². The summed E-state index contributed by atoms with van der Waals surface area (Å²) in [5.74, 6) is 0.884. The zero-order valence-electron chi connectivity index (χ0n) is 6.20. The van der Waals surface area contributed by atoms with Crippen LogP contribution in [0.2, 0.25) is 0 Å². The van der Waals surface area contributed by atoms with E-state index in [9.17, 15) is 4.79 Å². The van der Waals surface area contributed by atoms with Crippen LogP contribution < -0.4 is 0 Å². The van der Waals surface area contributed by atoms with Crippen molar-refractivity contribution in [1.82, 2.24) is 0 Å². The monoisotopic (exact) mass is 175 g/mol. The van der Waals surface area contributed by atoms with Crippen LogP contribution in [0.1, 0.15) is 6.92 Å². The lowest BCUT2D eigenvalue weighted by Gasteiger charge is -2.00. The Balaban J connectivity index is 2.24. The van der Waals surface area contributed by atoms with Crippen molar-refractivity contribution >= 4 is 23.1 Å². The fourth-order valence-corrected chi connectivity index (χ4v) is 1.26. The molecule has 0 atom stereocenters. The molecule has 11 heavy (non-hydrogen) atoms. The van der Waals surface area contributed by atoms with Gasteiger partial charge in [0.15, 0.2) is 0 Å². The molecular weight excluding hydrogens is 166 g/mol. The molecule has 0 aromatic carbocycles. The van der Waals surface area contributed by atoms with Crippen molar-refractivity contribution in [3.05, 3.63) is 0 Å². The van der Waals surface area contributed by atoms with Crippen molar-refractivity contribution < 1.29 is 14.3 Å². The molecule has 0 saturated carbocycles. The summed E-state index contributed by atoms with van der Waals surface area (Å²) >= 11 is 1.42. The smallest absolute Gasteiger partial charge is 0.434 e. The molecule has 1 heterocycles. The summed E-state index contributed by atoms with van der Waals surface area (Å²) in [6.07, 6.45) is -0.666. The van der Waals surface area contributed by atoms with Gasteiger partial charge in [-0.05, 0) is 6.92 Å². The van der Waals surface area contributed by atoms with E-state index in [1.807, 2.05) is 0 Å². The van der Waals surface area contributed by atoms with Crippen LogP contribution in [0.15, 0.2) is 4.99 Å². The minimum absolute atomic E-state index is 0.330. The van der Waals surface area contributed by atoms with Gasteiger partial charge in [0.25, 0.3) is 5.23 Å². The third kappa shape index (κ3) is 2.80. The second-order valence-electron chi connectivity index (χ2n) is 1.78. The van der Waals surface area contributed by atoms with Crippen molar-refractivity contribution in [3.8, 4) is 0 Å². The lowest BCUT2D eigenvalue weighted by atomic mass is 10.8. The maximum Gasteiger partial charge on any atom is 0.515 e. The molecule has 0 bridgehead atoms. The molecule has 0 aliphatic carbocycles. The Hall–Kier alpha value is -0.710. The summed E-state index contributed by atoms with van der Waals surface area (Å²) in [4.78, 5) is 14.6. The van der Waals surface area contributed by atoms with Gasteiger partial charge in [-0.25, -0.2) is 9.79 Å². The number of aliphatic imine (C=N–C) groups is 1. The molecule has 4 nitrogen and oxygen atoms in total. The topological polar surface area (TPSA) is 47.9 Å². The quantitative estimate of drug-likeness (QED) is 0.563. The van der Waals surface area contributed by atoms with Gasteiger partial charge in [-0.15, -0.1) is 0 Å². The van der Waals surface area contributed by atoms with E-state index in [4.69, 9.17) is 4.74 Å². The number of hydrogen-bond acceptors (Lipinski definition) is 5. The Morgan fingerprint density at radius 3 is 3.18 bits per heavy atom. The zero-order valence-corrected chi connectivity index (χ0v) is 7.02. The lowest BCUT2D eigenvalue weighted by Crippen LogP contribution is -2.09. The Bertz CT molecular complexity index is 181. The Morgan fingerprint density at radius 2 is 2.64 bits per heavy atom. The number of ether oxygens (including phenoxy) is 2. The Morgan fingerprint density at radius 1 is 1.82 bits per heavy atom. The molecule has 1 aliphatic rings. The van der Waals surface area contributed by atoms with E-state index in [1.54, 1.807) is 6.92 Å². The molecule has 0 N–H and O–H groups in total. The number of carbonyl (C=O) groups is 1. The van der Waals surface area contributed by atoms with E-state index >= 15 is 0 Å². The highest BCUT2D eigenvalue weighted by Gasteiger charge is 2.13. The molecule has 0 aromatic heterocycles. The normalized spacial score (nSPS) is 15.9. The first kappa shape index (κ1) is 8.39. The fourth-order valence-electron chi connectivity index (χ4n) is 0.596. The SMILES string of the molecule is CCOC(=O)OC1=NCCS1. The van der Waals surface area contributed by atoms with Gasteiger partial charge in [0.05, 0.1) is 13.2 Å². The molecule has 0 amide bonds. The molecule has 5 heteroatoms. The second-order valence-corrected chi connectivity index (χ2v) is 2.83. The van der Waals surface area contributed by atoms with Gasteiger partial charge >= 0.3 is 6.16 Å². The van der Waals surface area contributed by atoms with Crippen LogP contribution in [-0.4, -0.2) is 30.3 Å². The number of rotatable bonds is 1. The van der Waals surface area contributed by atoms with Crippen LogP contribution in [0.3, 0.4) is 0 Å². The maximum atomic E-state index is 10.7. The maximum absolute atomic E-state index is 10.7. The number of thioether (sulfide) groups is 1. The molecule has 0 spiro atoms. The van der Waals surface area contributed by atoms with Crippen LogP contribution in [0.5, 0.6) is 0 Å². The molecular formula is C6H9NO3S. The lowest BCUT2D eigenvalue weighted by molar-refractivity contribution is 0.102. The van der Waals surface area contributed by atoms with E-state index < -0.39 is 6.16 Å². The summed E-state index contributed by atoms with van der Waals surface area (Å²) in [6, 6.07) is 0. The molecule has 0 aromatic rings. The van der Waals surface area contributed by atoms with Crippen LogP contribution >= 0.6 is 11.8 Å². The van der Waals surface area contributed by atoms with Crippen molar-refractivity contribution in [1.29, 1.82) is 0 Å². The highest BCUT2D eigenvalue weighted by Crippen LogP contribution is 2.12. The van der Waals surface area contributed by atoms with E-state index in [0.29, 0.717) is 11.8 Å². The van der Waals surface area contributed by atoms with Gasteiger partial charge < -0.3 is 9.47 Å². The summed E-state index contributed by atoms with van der Waals surface area (Å²) in [6.45, 7) is 2.78. The van der Waals surface area contributed by atoms with Crippen LogP contribution in [0.4, 0.5) is 4.79 Å². The second kappa shape index (κ2) is 4.23. The molecule has 1 aliphatic heterocycles. The third-order valence-electron chi connectivity index (χ3n) is 0.991. The molecule has 62 valence electrons. The average Bonchev–Trinajstić information content (AvgIpc) is 2.40. The summed E-state index contributed by atoms with van der Waals surface area (Å²) < 4.78 is 9.25. The summed E-state index contributed by atoms with van der Waals surface area (Å²) in [5, 5.41) is 0.420. The highest BCUT2D eigenvalue weighted by atomic mass is 32.2. The van der Waals surface area contributed by atoms with Gasteiger partial charge in [-0.1, -0.05) is 11.8 Å². The van der Waals surface area contributed by atoms with E-state index in [0.717, 1.165) is 12.3 Å². The molecule has 0 saturated heterocycles. The first-order valence-corrected chi connectivity index (χ1v) is 4.33. The molecule has 0 unspecified atom stereocenters. The predicted octanol–water partition coefficient (Wildman–Crippen LogP) is 1.26.